The van der Waals surface area contributed by atoms with Gasteiger partial charge in [-0.3, -0.25) is 4.79 Å². The summed E-state index contributed by atoms with van der Waals surface area (Å²) in [5.41, 5.74) is 0.167. The molecule has 0 aliphatic carbocycles. The number of nitrogens with one attached hydrogen (secondary N) is 1. The molecule has 3 nitrogen and oxygen atoms in total. The third kappa shape index (κ3) is 3.09. The molecule has 0 saturated carbocycles. The van der Waals surface area contributed by atoms with E-state index < -0.39 is 16.0 Å². The number of carbonyl (C=O) groups excluding carboxylic acids is 1. The predicted octanol–water partition coefficient (Wildman–Crippen LogP) is 2.91. The Morgan fingerprint density at radius 1 is 1.47 bits per heavy atom. The van der Waals surface area contributed by atoms with Gasteiger partial charge in [-0.15, -0.1) is 0 Å². The normalized spacial score (nSPS) is 17.7. The lowest BCUT2D eigenvalue weighted by Gasteiger charge is -2.27. The molecule has 1 aromatic carbocycles. The molecule has 0 bridgehead atoms. The van der Waals surface area contributed by atoms with E-state index in [0.29, 0.717) is 11.5 Å². The first-order chi connectivity index (χ1) is 9.06. The fraction of sp³-hybridized carbons (Fsp3) is 0.231. The van der Waals surface area contributed by atoms with Crippen molar-refractivity contribution in [3.05, 3.63) is 46.8 Å². The average Bonchev–Trinajstić information content (AvgIpc) is 2.83. The van der Waals surface area contributed by atoms with Crippen LogP contribution in [0, 0.1) is 16.5 Å². The minimum atomic E-state index is -1.81. The number of thiocyanates is 1. The number of carbonyl (C=O) groups is 1. The van der Waals surface area contributed by atoms with Crippen LogP contribution in [0.15, 0.2) is 30.4 Å². The number of benzene rings is 1. The van der Waals surface area contributed by atoms with Gasteiger partial charge in [-0.1, -0.05) is 40.0 Å². The summed E-state index contributed by atoms with van der Waals surface area (Å²) in [6.07, 6.45) is 3.62. The standard InChI is InChI=1S/C13H12ClFN2OS/c14-11-4-3-5-12(15)10(11)8-13(18)17-19(9-16)6-1-2-7-19/h1-5H,6-8H2,(H,17,18). The molecule has 6 heteroatoms. The van der Waals surface area contributed by atoms with Gasteiger partial charge in [0.05, 0.1) is 6.42 Å². The van der Waals surface area contributed by atoms with Gasteiger partial charge >= 0.3 is 0 Å². The lowest BCUT2D eigenvalue weighted by atomic mass is 10.1. The van der Waals surface area contributed by atoms with Crippen molar-refractivity contribution in [2.75, 3.05) is 11.5 Å². The molecule has 2 rings (SSSR count). The molecule has 1 N–H and O–H groups in total. The predicted molar refractivity (Wildman–Crippen MR) is 75.3 cm³/mol. The number of rotatable bonds is 3. The summed E-state index contributed by atoms with van der Waals surface area (Å²) in [4.78, 5) is 11.9. The molecule has 0 spiro atoms. The van der Waals surface area contributed by atoms with Gasteiger partial charge < -0.3 is 4.72 Å². The van der Waals surface area contributed by atoms with Crippen molar-refractivity contribution < 1.29 is 9.18 Å². The number of hydrogen-bond donors (Lipinski definition) is 1. The third-order valence-corrected chi connectivity index (χ3v) is 5.66. The highest BCUT2D eigenvalue weighted by Crippen LogP contribution is 2.45. The summed E-state index contributed by atoms with van der Waals surface area (Å²) in [5.74, 6) is 0.237. The molecule has 0 atom stereocenters. The first-order valence-electron chi connectivity index (χ1n) is 5.64. The van der Waals surface area contributed by atoms with E-state index in [2.05, 4.69) is 10.1 Å². The fourth-order valence-corrected chi connectivity index (χ4v) is 3.99. The summed E-state index contributed by atoms with van der Waals surface area (Å²) in [7, 11) is -1.81. The van der Waals surface area contributed by atoms with Crippen LogP contribution in [0.2, 0.25) is 5.02 Å². The highest BCUT2D eigenvalue weighted by atomic mass is 35.5. The summed E-state index contributed by atoms with van der Waals surface area (Å²) in [5, 5.41) is 11.6. The summed E-state index contributed by atoms with van der Waals surface area (Å²) in [6, 6.07) is 4.29. The molecule has 0 aromatic heterocycles. The molecule has 0 radical (unpaired) electrons. The van der Waals surface area contributed by atoms with Crippen molar-refractivity contribution in [1.29, 1.82) is 5.26 Å². The third-order valence-electron chi connectivity index (χ3n) is 2.81. The number of amides is 1. The fourth-order valence-electron chi connectivity index (χ4n) is 1.83. The minimum Gasteiger partial charge on any atom is -0.305 e. The number of hydrogen-bond acceptors (Lipinski definition) is 2. The maximum Gasteiger partial charge on any atom is 0.233 e. The lowest BCUT2D eigenvalue weighted by molar-refractivity contribution is -0.118. The van der Waals surface area contributed by atoms with Crippen molar-refractivity contribution in [3.63, 3.8) is 0 Å². The molecule has 1 aliphatic rings. The van der Waals surface area contributed by atoms with E-state index in [4.69, 9.17) is 11.6 Å². The molecule has 100 valence electrons. The molecular weight excluding hydrogens is 287 g/mol. The minimum absolute atomic E-state index is 0.151. The van der Waals surface area contributed by atoms with Crippen molar-refractivity contribution >= 4 is 27.7 Å². The first-order valence-corrected chi connectivity index (χ1v) is 7.99. The summed E-state index contributed by atoms with van der Waals surface area (Å²) < 4.78 is 16.3. The van der Waals surface area contributed by atoms with Gasteiger partial charge in [0.25, 0.3) is 0 Å². The van der Waals surface area contributed by atoms with Crippen LogP contribution in [0.25, 0.3) is 0 Å². The first kappa shape index (κ1) is 13.9. The number of nitriles is 1. The maximum atomic E-state index is 13.6. The second-order valence-electron chi connectivity index (χ2n) is 4.18. The molecule has 1 heterocycles. The Labute approximate surface area is 117 Å². The summed E-state index contributed by atoms with van der Waals surface area (Å²) in [6.45, 7) is 0. The Bertz CT molecular complexity index is 554. The molecule has 0 saturated heterocycles. The van der Waals surface area contributed by atoms with Crippen LogP contribution in [0.1, 0.15) is 5.56 Å². The maximum absolute atomic E-state index is 13.6. The quantitative estimate of drug-likeness (QED) is 0.689. The topological polar surface area (TPSA) is 52.9 Å². The van der Waals surface area contributed by atoms with Crippen LogP contribution in [0.3, 0.4) is 0 Å². The SMILES string of the molecule is N#CS1(NC(=O)Cc2c(F)cccc2Cl)CC=CC1. The summed E-state index contributed by atoms with van der Waals surface area (Å²) >= 11 is 5.87. The highest BCUT2D eigenvalue weighted by molar-refractivity contribution is 8.36. The Balaban J connectivity index is 2.08. The van der Waals surface area contributed by atoms with Gasteiger partial charge in [0.15, 0.2) is 0 Å². The van der Waals surface area contributed by atoms with Crippen LogP contribution < -0.4 is 4.72 Å². The van der Waals surface area contributed by atoms with E-state index >= 15 is 0 Å². The largest absolute Gasteiger partial charge is 0.305 e. The second-order valence-corrected chi connectivity index (χ2v) is 7.41. The van der Waals surface area contributed by atoms with Crippen molar-refractivity contribution in [3.8, 4) is 5.40 Å². The Morgan fingerprint density at radius 2 is 2.16 bits per heavy atom. The van der Waals surface area contributed by atoms with Gasteiger partial charge in [0.2, 0.25) is 5.91 Å². The van der Waals surface area contributed by atoms with E-state index in [-0.39, 0.29) is 22.9 Å². The van der Waals surface area contributed by atoms with E-state index in [0.717, 1.165) is 0 Å². The smallest absolute Gasteiger partial charge is 0.233 e. The van der Waals surface area contributed by atoms with Crippen LogP contribution in [0.5, 0.6) is 0 Å². The molecule has 0 fully saturated rings. The highest BCUT2D eigenvalue weighted by Gasteiger charge is 2.27. The Kier molecular flexibility index (Phi) is 4.13. The average molecular weight is 299 g/mol. The van der Waals surface area contributed by atoms with E-state index in [1.807, 2.05) is 12.2 Å². The van der Waals surface area contributed by atoms with E-state index in [1.165, 1.54) is 18.2 Å². The molecule has 1 aromatic rings. The van der Waals surface area contributed by atoms with Crippen molar-refractivity contribution in [2.24, 2.45) is 0 Å². The molecule has 19 heavy (non-hydrogen) atoms. The van der Waals surface area contributed by atoms with Crippen molar-refractivity contribution in [2.45, 2.75) is 6.42 Å². The monoisotopic (exact) mass is 298 g/mol. The number of nitrogens with zero attached hydrogens (tertiary/aromatic N) is 1. The zero-order chi connectivity index (χ0) is 13.9. The zero-order valence-electron chi connectivity index (χ0n) is 10.0. The Hall–Kier alpha value is -1.51. The zero-order valence-corrected chi connectivity index (χ0v) is 11.6. The van der Waals surface area contributed by atoms with Gasteiger partial charge in [-0.2, -0.15) is 5.26 Å². The van der Waals surface area contributed by atoms with Gasteiger partial charge in [-0.25, -0.2) is 4.39 Å². The lowest BCUT2D eigenvalue weighted by Crippen LogP contribution is -2.30. The van der Waals surface area contributed by atoms with Gasteiger partial charge in [-0.05, 0) is 12.1 Å². The molecule has 1 amide bonds. The molecule has 0 unspecified atom stereocenters. The molecule has 1 aliphatic heterocycles. The van der Waals surface area contributed by atoms with Gasteiger partial charge in [0.1, 0.15) is 11.2 Å². The molecular formula is C13H12ClFN2OS. The number of halogens is 2. The Morgan fingerprint density at radius 3 is 2.74 bits per heavy atom. The van der Waals surface area contributed by atoms with Crippen LogP contribution in [-0.4, -0.2) is 17.4 Å². The van der Waals surface area contributed by atoms with Crippen LogP contribution in [-0.2, 0) is 11.2 Å². The van der Waals surface area contributed by atoms with Crippen LogP contribution in [0.4, 0.5) is 4.39 Å². The van der Waals surface area contributed by atoms with E-state index in [9.17, 15) is 14.4 Å². The van der Waals surface area contributed by atoms with Crippen molar-refractivity contribution in [1.82, 2.24) is 4.72 Å². The van der Waals surface area contributed by atoms with Gasteiger partial charge in [0, 0.05) is 22.1 Å². The van der Waals surface area contributed by atoms with E-state index in [1.54, 1.807) is 0 Å². The van der Waals surface area contributed by atoms with Crippen LogP contribution >= 0.6 is 21.8 Å². The second kappa shape index (κ2) is 5.64.